The van der Waals surface area contributed by atoms with Gasteiger partial charge in [0.2, 0.25) is 0 Å². The number of likely N-dealkylation sites (tertiary alicyclic amines) is 1. The largest absolute Gasteiger partial charge is 0.506 e. The standard InChI is InChI=1S/C39H42N4O4.ClH/c1-3-33-36(40-38(45)35(37(33)44)39(46)47)27-14-15-34-28(16-27)17-32(41(34)2)24-42-22-29-18-31(19-30(29)23-42)43(20-25-10-6-4-7-11-25)21-26-12-8-5-9-13-26;/h4-17,29-31H,3,18-24H2,1-2H3,(H,46,47)(H2,40,44,45);1H/t29-,30+,31+;. The number of carboxylic acid groups (broad SMARTS) is 1. The zero-order chi connectivity index (χ0) is 32.7. The van der Waals surface area contributed by atoms with E-state index in [1.807, 2.05) is 25.1 Å². The maximum Gasteiger partial charge on any atom is 0.345 e. The second kappa shape index (κ2) is 14.0. The maximum absolute atomic E-state index is 12.6. The molecule has 0 radical (unpaired) electrons. The Bertz CT molecular complexity index is 1920. The molecular weight excluding hydrogens is 624 g/mol. The first-order valence-corrected chi connectivity index (χ1v) is 16.6. The van der Waals surface area contributed by atoms with Crippen molar-refractivity contribution in [3.63, 3.8) is 0 Å². The summed E-state index contributed by atoms with van der Waals surface area (Å²) < 4.78 is 2.24. The molecule has 7 rings (SSSR count). The Morgan fingerprint density at radius 1 is 0.917 bits per heavy atom. The molecule has 2 aromatic heterocycles. The number of aromatic carboxylic acids is 1. The first kappa shape index (κ1) is 33.5. The second-order valence-corrected chi connectivity index (χ2v) is 13.4. The Labute approximate surface area is 287 Å². The zero-order valence-electron chi connectivity index (χ0n) is 27.4. The molecule has 5 aromatic rings. The quantitative estimate of drug-likeness (QED) is 0.151. The number of rotatable bonds is 10. The molecule has 0 amide bonds. The van der Waals surface area contributed by atoms with Crippen LogP contribution in [0.5, 0.6) is 5.75 Å². The van der Waals surface area contributed by atoms with Crippen LogP contribution in [-0.4, -0.2) is 54.7 Å². The number of hydrogen-bond acceptors (Lipinski definition) is 5. The molecule has 8 nitrogen and oxygen atoms in total. The smallest absolute Gasteiger partial charge is 0.345 e. The van der Waals surface area contributed by atoms with Crippen LogP contribution in [0.4, 0.5) is 0 Å². The average Bonchev–Trinajstić information content (AvgIpc) is 3.72. The summed E-state index contributed by atoms with van der Waals surface area (Å²) in [5.41, 5.74) is 5.27. The molecule has 2 aliphatic rings. The van der Waals surface area contributed by atoms with Crippen LogP contribution in [-0.2, 0) is 33.1 Å². The van der Waals surface area contributed by atoms with Crippen LogP contribution in [0.15, 0.2) is 89.7 Å². The van der Waals surface area contributed by atoms with E-state index in [1.165, 1.54) is 29.7 Å². The molecule has 3 N–H and O–H groups in total. The molecule has 1 saturated carbocycles. The molecule has 1 saturated heterocycles. The summed E-state index contributed by atoms with van der Waals surface area (Å²) in [6.07, 6.45) is 2.83. The molecule has 0 unspecified atom stereocenters. The van der Waals surface area contributed by atoms with Gasteiger partial charge in [0.25, 0.3) is 5.56 Å². The maximum atomic E-state index is 12.6. The summed E-state index contributed by atoms with van der Waals surface area (Å²) in [7, 11) is 2.10. The van der Waals surface area contributed by atoms with Gasteiger partial charge in [-0.25, -0.2) is 4.79 Å². The Morgan fingerprint density at radius 3 is 2.08 bits per heavy atom. The third-order valence-corrected chi connectivity index (χ3v) is 10.4. The van der Waals surface area contributed by atoms with E-state index in [2.05, 4.69) is 93.1 Å². The van der Waals surface area contributed by atoms with Crippen molar-refractivity contribution >= 4 is 29.3 Å². The van der Waals surface area contributed by atoms with Crippen molar-refractivity contribution in [3.8, 4) is 17.0 Å². The monoisotopic (exact) mass is 666 g/mol. The van der Waals surface area contributed by atoms with Gasteiger partial charge in [-0.2, -0.15) is 0 Å². The highest BCUT2D eigenvalue weighted by atomic mass is 35.5. The van der Waals surface area contributed by atoms with Gasteiger partial charge in [0, 0.05) is 68.0 Å². The topological polar surface area (TPSA) is 102 Å². The van der Waals surface area contributed by atoms with Gasteiger partial charge in [-0.1, -0.05) is 73.7 Å². The van der Waals surface area contributed by atoms with Crippen molar-refractivity contribution in [2.45, 2.75) is 51.9 Å². The third kappa shape index (κ3) is 6.52. The highest BCUT2D eigenvalue weighted by Gasteiger charge is 2.42. The van der Waals surface area contributed by atoms with Crippen LogP contribution in [0, 0.1) is 11.8 Å². The summed E-state index contributed by atoms with van der Waals surface area (Å²) in [6, 6.07) is 30.4. The van der Waals surface area contributed by atoms with Crippen molar-refractivity contribution in [1.82, 2.24) is 19.4 Å². The Kier molecular flexibility index (Phi) is 9.78. The number of carbonyl (C=O) groups is 1. The summed E-state index contributed by atoms with van der Waals surface area (Å²) in [4.78, 5) is 32.2. The lowest BCUT2D eigenvalue weighted by Crippen LogP contribution is -2.34. The number of aromatic hydroxyl groups is 1. The molecular formula is C39H43ClN4O4. The van der Waals surface area contributed by atoms with E-state index >= 15 is 0 Å². The molecule has 2 fully saturated rings. The highest BCUT2D eigenvalue weighted by Crippen LogP contribution is 2.42. The number of pyridine rings is 1. The van der Waals surface area contributed by atoms with Crippen LogP contribution in [0.2, 0.25) is 0 Å². The Morgan fingerprint density at radius 2 is 1.52 bits per heavy atom. The van der Waals surface area contributed by atoms with E-state index in [-0.39, 0.29) is 12.4 Å². The van der Waals surface area contributed by atoms with Crippen molar-refractivity contribution in [2.24, 2.45) is 18.9 Å². The molecule has 250 valence electrons. The predicted molar refractivity (Wildman–Crippen MR) is 192 cm³/mol. The molecule has 48 heavy (non-hydrogen) atoms. The molecule has 1 aliphatic carbocycles. The minimum Gasteiger partial charge on any atom is -0.506 e. The second-order valence-electron chi connectivity index (χ2n) is 13.4. The first-order chi connectivity index (χ1) is 22.8. The number of aromatic amines is 1. The van der Waals surface area contributed by atoms with Gasteiger partial charge in [-0.3, -0.25) is 14.6 Å². The fourth-order valence-corrected chi connectivity index (χ4v) is 8.10. The number of carboxylic acids is 1. The SMILES string of the molecule is CCc1c(-c2ccc3c(c2)cc(CN2C[C@H]4C[C@H](N(Cc5ccccc5)Cc5ccccc5)C[C@H]4C2)n3C)[nH]c(=O)c(C(=O)O)c1O.Cl. The van der Waals surface area contributed by atoms with Crippen LogP contribution in [0.3, 0.4) is 0 Å². The minimum absolute atomic E-state index is 0. The van der Waals surface area contributed by atoms with Gasteiger partial charge < -0.3 is 19.8 Å². The van der Waals surface area contributed by atoms with Crippen LogP contribution in [0.25, 0.3) is 22.2 Å². The van der Waals surface area contributed by atoms with Crippen LogP contribution < -0.4 is 5.56 Å². The number of aromatic nitrogens is 2. The van der Waals surface area contributed by atoms with Gasteiger partial charge >= 0.3 is 5.97 Å². The Hall–Kier alpha value is -4.37. The van der Waals surface area contributed by atoms with Gasteiger partial charge in [0.1, 0.15) is 5.75 Å². The number of benzene rings is 3. The van der Waals surface area contributed by atoms with Crippen molar-refractivity contribution < 1.29 is 15.0 Å². The van der Waals surface area contributed by atoms with E-state index in [0.717, 1.165) is 49.2 Å². The van der Waals surface area contributed by atoms with E-state index in [4.69, 9.17) is 0 Å². The lowest BCUT2D eigenvalue weighted by atomic mass is 9.99. The van der Waals surface area contributed by atoms with Crippen LogP contribution in [0.1, 0.15) is 52.5 Å². The molecule has 0 bridgehead atoms. The van der Waals surface area contributed by atoms with Gasteiger partial charge in [-0.05, 0) is 66.0 Å². The van der Waals surface area contributed by atoms with Gasteiger partial charge in [0.05, 0.1) is 5.69 Å². The molecule has 9 heteroatoms. The summed E-state index contributed by atoms with van der Waals surface area (Å²) >= 11 is 0. The highest BCUT2D eigenvalue weighted by molar-refractivity contribution is 5.92. The number of aryl methyl sites for hydroxylation is 1. The average molecular weight is 667 g/mol. The van der Waals surface area contributed by atoms with Crippen molar-refractivity contribution in [1.29, 1.82) is 0 Å². The van der Waals surface area contributed by atoms with E-state index in [0.29, 0.717) is 35.6 Å². The first-order valence-electron chi connectivity index (χ1n) is 16.6. The van der Waals surface area contributed by atoms with Gasteiger partial charge in [-0.15, -0.1) is 12.4 Å². The number of halogens is 1. The predicted octanol–water partition coefficient (Wildman–Crippen LogP) is 6.83. The molecule has 0 spiro atoms. The van der Waals surface area contributed by atoms with Crippen molar-refractivity contribution in [3.05, 3.63) is 123 Å². The number of fused-ring (bicyclic) bond motifs is 2. The number of H-pyrrole nitrogens is 1. The lowest BCUT2D eigenvalue weighted by Gasteiger charge is -2.30. The zero-order valence-corrected chi connectivity index (χ0v) is 28.2. The van der Waals surface area contributed by atoms with Crippen LogP contribution >= 0.6 is 12.4 Å². The van der Waals surface area contributed by atoms with E-state index < -0.39 is 22.8 Å². The summed E-state index contributed by atoms with van der Waals surface area (Å²) in [5, 5.41) is 21.1. The number of hydrogen-bond donors (Lipinski definition) is 3. The molecule has 3 atom stereocenters. The van der Waals surface area contributed by atoms with E-state index in [1.54, 1.807) is 0 Å². The summed E-state index contributed by atoms with van der Waals surface area (Å²) in [5.74, 6) is -0.508. The van der Waals surface area contributed by atoms with E-state index in [9.17, 15) is 19.8 Å². The minimum atomic E-state index is -1.44. The molecule has 3 heterocycles. The van der Waals surface area contributed by atoms with Gasteiger partial charge in [0.15, 0.2) is 5.56 Å². The Balaban J connectivity index is 0.00000401. The lowest BCUT2D eigenvalue weighted by molar-refractivity contribution is 0.0691. The fourth-order valence-electron chi connectivity index (χ4n) is 8.10. The normalized spacial score (nSPS) is 19.1. The summed E-state index contributed by atoms with van der Waals surface area (Å²) in [6.45, 7) is 6.86. The number of nitrogens with one attached hydrogen (secondary N) is 1. The number of nitrogens with zero attached hydrogens (tertiary/aromatic N) is 3. The molecule has 1 aliphatic heterocycles. The third-order valence-electron chi connectivity index (χ3n) is 10.4. The molecule has 3 aromatic carbocycles. The van der Waals surface area contributed by atoms with Crippen molar-refractivity contribution in [2.75, 3.05) is 13.1 Å². The fraction of sp³-hybridized carbons (Fsp3) is 0.333.